The predicted octanol–water partition coefficient (Wildman–Crippen LogP) is 3.65. The number of nitrogens with one attached hydrogen (secondary N) is 2. The first-order valence-corrected chi connectivity index (χ1v) is 12.4. The molecular weight excluding hydrogens is 550 g/mol. The van der Waals surface area contributed by atoms with Crippen LogP contribution in [0, 0.1) is 24.2 Å². The Morgan fingerprint density at radius 1 is 1.14 bits per heavy atom. The molecule has 2 aromatic rings. The lowest BCUT2D eigenvalue weighted by Gasteiger charge is -2.31. The van der Waals surface area contributed by atoms with Gasteiger partial charge in [0.05, 0.1) is 47.9 Å². The second-order valence-electron chi connectivity index (χ2n) is 7.76. The van der Waals surface area contributed by atoms with Gasteiger partial charge in [-0.15, -0.1) is 0 Å². The van der Waals surface area contributed by atoms with E-state index in [9.17, 15) is 24.4 Å². The summed E-state index contributed by atoms with van der Waals surface area (Å²) in [6.45, 7) is 1.93. The number of methoxy groups -OCH3 is 2. The Hall–Kier alpha value is -3.62. The summed E-state index contributed by atoms with van der Waals surface area (Å²) in [7, 11) is 2.41. The van der Waals surface area contributed by atoms with E-state index in [1.807, 2.05) is 19.1 Å². The molecule has 0 aliphatic carbocycles. The highest BCUT2D eigenvalue weighted by Gasteiger charge is 2.44. The highest BCUT2D eigenvalue weighted by atomic mass is 79.9. The van der Waals surface area contributed by atoms with Gasteiger partial charge in [-0.25, -0.2) is 4.79 Å². The van der Waals surface area contributed by atoms with Crippen LogP contribution in [0.1, 0.15) is 27.4 Å². The van der Waals surface area contributed by atoms with Gasteiger partial charge in [0.2, 0.25) is 11.8 Å². The number of esters is 2. The highest BCUT2D eigenvalue weighted by molar-refractivity contribution is 9.10. The van der Waals surface area contributed by atoms with Gasteiger partial charge in [-0.1, -0.05) is 30.0 Å². The molecule has 1 aliphatic heterocycles. The molecule has 1 aliphatic rings. The summed E-state index contributed by atoms with van der Waals surface area (Å²) in [5.41, 5.74) is 2.43. The molecule has 9 nitrogen and oxygen atoms in total. The topological polar surface area (TPSA) is 135 Å². The van der Waals surface area contributed by atoms with E-state index >= 15 is 0 Å². The molecule has 0 saturated carbocycles. The van der Waals surface area contributed by atoms with Crippen LogP contribution in [-0.4, -0.2) is 43.7 Å². The summed E-state index contributed by atoms with van der Waals surface area (Å²) in [4.78, 5) is 49.8. The Bertz CT molecular complexity index is 1290. The fourth-order valence-corrected chi connectivity index (χ4v) is 5.11. The lowest BCUT2D eigenvalue weighted by Crippen LogP contribution is -2.44. The van der Waals surface area contributed by atoms with E-state index in [0.717, 1.165) is 28.9 Å². The molecule has 0 radical (unpaired) electrons. The third-order valence-corrected chi connectivity index (χ3v) is 7.09. The zero-order valence-electron chi connectivity index (χ0n) is 19.6. The molecule has 2 N–H and O–H groups in total. The normalized spacial score (nSPS) is 17.0. The van der Waals surface area contributed by atoms with E-state index < -0.39 is 29.7 Å². The van der Waals surface area contributed by atoms with Gasteiger partial charge in [0.15, 0.2) is 0 Å². The largest absolute Gasteiger partial charge is 0.468 e. The van der Waals surface area contributed by atoms with Gasteiger partial charge in [-0.2, -0.15) is 5.26 Å². The van der Waals surface area contributed by atoms with Crippen LogP contribution in [0.2, 0.25) is 0 Å². The molecule has 0 saturated heterocycles. The van der Waals surface area contributed by atoms with Gasteiger partial charge in [-0.3, -0.25) is 14.4 Å². The second-order valence-corrected chi connectivity index (χ2v) is 9.60. The van der Waals surface area contributed by atoms with Crippen LogP contribution in [0.4, 0.5) is 5.69 Å². The van der Waals surface area contributed by atoms with Gasteiger partial charge in [0, 0.05) is 10.4 Å². The van der Waals surface area contributed by atoms with E-state index in [0.29, 0.717) is 11.3 Å². The maximum atomic E-state index is 12.9. The molecule has 36 heavy (non-hydrogen) atoms. The smallest absolute Gasteiger partial charge is 0.337 e. The number of ether oxygens (including phenoxy) is 2. The van der Waals surface area contributed by atoms with Crippen LogP contribution >= 0.6 is 27.7 Å². The fourth-order valence-electron chi connectivity index (χ4n) is 3.67. The molecule has 3 rings (SSSR count). The Morgan fingerprint density at radius 3 is 2.42 bits per heavy atom. The SMILES string of the molecule is COC(=O)c1ccc([C@H]2C(C#N)=C(SCC(=O)Nc3ccc(C)cc3Br)NC(=O)[C@@H]2C(=O)OC)cc1. The lowest BCUT2D eigenvalue weighted by atomic mass is 9.78. The van der Waals surface area contributed by atoms with Gasteiger partial charge in [0.1, 0.15) is 5.92 Å². The molecule has 2 atom stereocenters. The zero-order valence-corrected chi connectivity index (χ0v) is 22.0. The molecule has 0 unspecified atom stereocenters. The Labute approximate surface area is 220 Å². The van der Waals surface area contributed by atoms with Crippen molar-refractivity contribution in [3.8, 4) is 6.07 Å². The van der Waals surface area contributed by atoms with Crippen molar-refractivity contribution in [2.75, 3.05) is 25.3 Å². The monoisotopic (exact) mass is 571 g/mol. The number of rotatable bonds is 7. The third kappa shape index (κ3) is 5.95. The number of anilines is 1. The van der Waals surface area contributed by atoms with Crippen molar-refractivity contribution < 1.29 is 28.7 Å². The minimum atomic E-state index is -1.32. The average molecular weight is 572 g/mol. The van der Waals surface area contributed by atoms with Gasteiger partial charge < -0.3 is 20.1 Å². The number of aryl methyl sites for hydroxylation is 1. The van der Waals surface area contributed by atoms with E-state index in [1.54, 1.807) is 18.2 Å². The number of benzene rings is 2. The number of nitrogens with zero attached hydrogens (tertiary/aromatic N) is 1. The first-order chi connectivity index (χ1) is 17.2. The predicted molar refractivity (Wildman–Crippen MR) is 137 cm³/mol. The summed E-state index contributed by atoms with van der Waals surface area (Å²) in [6.07, 6.45) is 0. The molecule has 186 valence electrons. The van der Waals surface area contributed by atoms with Crippen molar-refractivity contribution in [1.82, 2.24) is 5.32 Å². The summed E-state index contributed by atoms with van der Waals surface area (Å²) >= 11 is 4.38. The van der Waals surface area contributed by atoms with E-state index in [4.69, 9.17) is 9.47 Å². The van der Waals surface area contributed by atoms with Crippen molar-refractivity contribution in [3.63, 3.8) is 0 Å². The Balaban J connectivity index is 1.91. The minimum Gasteiger partial charge on any atom is -0.468 e. The quantitative estimate of drug-likeness (QED) is 0.379. The number of amides is 2. The van der Waals surface area contributed by atoms with Crippen LogP contribution in [-0.2, 0) is 23.9 Å². The zero-order chi connectivity index (χ0) is 26.4. The van der Waals surface area contributed by atoms with Crippen LogP contribution < -0.4 is 10.6 Å². The molecule has 11 heteroatoms. The first-order valence-electron chi connectivity index (χ1n) is 10.6. The van der Waals surface area contributed by atoms with Gasteiger partial charge in [0.25, 0.3) is 0 Å². The number of carbonyl (C=O) groups is 4. The molecule has 0 fully saturated rings. The maximum Gasteiger partial charge on any atom is 0.337 e. The van der Waals surface area contributed by atoms with Crippen molar-refractivity contribution in [2.45, 2.75) is 12.8 Å². The summed E-state index contributed by atoms with van der Waals surface area (Å²) in [5.74, 6) is -4.77. The van der Waals surface area contributed by atoms with Gasteiger partial charge >= 0.3 is 11.9 Å². The van der Waals surface area contributed by atoms with E-state index in [-0.39, 0.29) is 27.8 Å². The third-order valence-electron chi connectivity index (χ3n) is 5.42. The first kappa shape index (κ1) is 27.0. The summed E-state index contributed by atoms with van der Waals surface area (Å²) in [5, 5.41) is 15.5. The number of hydrogen-bond donors (Lipinski definition) is 2. The number of thioether (sulfide) groups is 1. The fraction of sp³-hybridized carbons (Fsp3) is 0.240. The minimum absolute atomic E-state index is 0.0992. The lowest BCUT2D eigenvalue weighted by molar-refractivity contribution is -0.150. The second kappa shape index (κ2) is 11.9. The van der Waals surface area contributed by atoms with Crippen LogP contribution in [0.25, 0.3) is 0 Å². The number of nitriles is 1. The standard InChI is InChI=1S/C25H22BrN3O6S/c1-13-4-9-18(17(26)10-13)28-19(30)12-36-23-16(11-27)20(21(22(31)29-23)25(33)35-3)14-5-7-15(8-6-14)24(32)34-2/h4-10,20-21H,12H2,1-3H3,(H,28,30)(H,29,31)/t20-,21+/m0/s1. The molecule has 2 aromatic carbocycles. The maximum absolute atomic E-state index is 12.9. The van der Waals surface area contributed by atoms with Crippen molar-refractivity contribution in [3.05, 3.63) is 74.2 Å². The highest BCUT2D eigenvalue weighted by Crippen LogP contribution is 2.40. The van der Waals surface area contributed by atoms with E-state index in [1.165, 1.54) is 19.2 Å². The summed E-state index contributed by atoms with van der Waals surface area (Å²) < 4.78 is 10.2. The van der Waals surface area contributed by atoms with Crippen LogP contribution in [0.15, 0.2) is 57.5 Å². The molecular formula is C25H22BrN3O6S. The van der Waals surface area contributed by atoms with E-state index in [2.05, 4.69) is 32.6 Å². The molecule has 1 heterocycles. The number of carbonyl (C=O) groups excluding carboxylic acids is 4. The number of hydrogen-bond acceptors (Lipinski definition) is 8. The summed E-state index contributed by atoms with van der Waals surface area (Å²) in [6, 6.07) is 13.6. The molecule has 2 amide bonds. The van der Waals surface area contributed by atoms with Crippen molar-refractivity contribution in [2.24, 2.45) is 5.92 Å². The molecule has 0 spiro atoms. The number of allylic oxidation sites excluding steroid dienone is 1. The Morgan fingerprint density at radius 2 is 1.83 bits per heavy atom. The average Bonchev–Trinajstić information content (AvgIpc) is 2.87. The Kier molecular flexibility index (Phi) is 8.90. The molecule has 0 bridgehead atoms. The van der Waals surface area contributed by atoms with Crippen molar-refractivity contribution in [1.29, 1.82) is 5.26 Å². The van der Waals surface area contributed by atoms with Gasteiger partial charge in [-0.05, 0) is 58.2 Å². The van der Waals surface area contributed by atoms with Crippen LogP contribution in [0.5, 0.6) is 0 Å². The van der Waals surface area contributed by atoms with Crippen molar-refractivity contribution >= 4 is 57.1 Å². The van der Waals surface area contributed by atoms with Crippen LogP contribution in [0.3, 0.4) is 0 Å². The molecule has 0 aromatic heterocycles. The number of halogens is 1.